The molecule has 0 fully saturated rings. The molecule has 8 heteroatoms. The molecule has 0 bridgehead atoms. The van der Waals surface area contributed by atoms with Crippen LogP contribution in [0.15, 0.2) is 83.0 Å². The van der Waals surface area contributed by atoms with E-state index in [2.05, 4.69) is 10.2 Å². The van der Waals surface area contributed by atoms with Crippen LogP contribution < -0.4 is 4.74 Å². The van der Waals surface area contributed by atoms with Gasteiger partial charge in [0.2, 0.25) is 5.88 Å². The smallest absolute Gasteiger partial charge is 0.299 e. The average molecular weight is 463 g/mol. The molecule has 0 unspecified atom stereocenters. The quantitative estimate of drug-likeness (QED) is 0.340. The maximum Gasteiger partial charge on any atom is 0.299 e. The van der Waals surface area contributed by atoms with Crippen molar-refractivity contribution in [3.05, 3.63) is 88.9 Å². The largest absolute Gasteiger partial charge is 0.493 e. The Labute approximate surface area is 196 Å². The molecule has 0 atom stereocenters. The molecule has 7 nitrogen and oxygen atoms in total. The molecule has 1 aromatic heterocycles. The van der Waals surface area contributed by atoms with Crippen molar-refractivity contribution in [2.24, 2.45) is 10.2 Å². The van der Waals surface area contributed by atoms with E-state index in [9.17, 15) is 9.90 Å². The number of halogens is 1. The van der Waals surface area contributed by atoms with Gasteiger partial charge in [-0.1, -0.05) is 54.1 Å². The predicted molar refractivity (Wildman–Crippen MR) is 128 cm³/mol. The van der Waals surface area contributed by atoms with Gasteiger partial charge in [-0.05, 0) is 50.0 Å². The summed E-state index contributed by atoms with van der Waals surface area (Å²) < 4.78 is 7.57. The number of carbonyl (C=O) groups excluding carboxylic acids is 1. The van der Waals surface area contributed by atoms with Gasteiger partial charge in [0.25, 0.3) is 5.91 Å². The molecule has 168 valence electrons. The molecule has 3 aromatic carbocycles. The zero-order valence-electron chi connectivity index (χ0n) is 18.3. The number of aromatic nitrogens is 1. The summed E-state index contributed by atoms with van der Waals surface area (Å²) in [6.45, 7) is 0.731. The standard InChI is InChI=1S/C25H23ClN4O3/c1-29(2)16-30-21-9-5-3-7-19(21)23(25(30)32)27-28-24(31)20-8-4-6-10-22(20)33-15-17-11-13-18(26)14-12-17/h3-14,32H,15-16H2,1-2H3. The summed E-state index contributed by atoms with van der Waals surface area (Å²) in [6.07, 6.45) is 0. The van der Waals surface area contributed by atoms with E-state index in [1.807, 2.05) is 55.4 Å². The van der Waals surface area contributed by atoms with Crippen molar-refractivity contribution in [3.63, 3.8) is 0 Å². The topological polar surface area (TPSA) is 79.4 Å². The summed E-state index contributed by atoms with van der Waals surface area (Å²) >= 11 is 5.92. The second kappa shape index (κ2) is 9.85. The van der Waals surface area contributed by atoms with E-state index in [-0.39, 0.29) is 23.7 Å². The number of carbonyl (C=O) groups is 1. The van der Waals surface area contributed by atoms with Crippen LogP contribution in [-0.2, 0) is 13.3 Å². The van der Waals surface area contributed by atoms with Gasteiger partial charge in [-0.2, -0.15) is 0 Å². The molecule has 0 radical (unpaired) electrons. The molecule has 0 aliphatic carbocycles. The highest BCUT2D eigenvalue weighted by molar-refractivity contribution is 6.30. The Kier molecular flexibility index (Phi) is 6.72. The molecule has 1 N–H and O–H groups in total. The van der Waals surface area contributed by atoms with Gasteiger partial charge in [0.05, 0.1) is 17.7 Å². The molecule has 0 aliphatic heterocycles. The molecular weight excluding hydrogens is 440 g/mol. The van der Waals surface area contributed by atoms with Crippen molar-refractivity contribution < 1.29 is 14.6 Å². The van der Waals surface area contributed by atoms with Crippen LogP contribution in [0.1, 0.15) is 15.9 Å². The van der Waals surface area contributed by atoms with Crippen LogP contribution in [0.2, 0.25) is 5.02 Å². The number of nitrogens with zero attached hydrogens (tertiary/aromatic N) is 4. The second-order valence-electron chi connectivity index (χ2n) is 7.75. The fourth-order valence-electron chi connectivity index (χ4n) is 3.46. The Balaban J connectivity index is 1.59. The van der Waals surface area contributed by atoms with Crippen LogP contribution >= 0.6 is 11.6 Å². The third-order valence-electron chi connectivity index (χ3n) is 5.01. The highest BCUT2D eigenvalue weighted by Crippen LogP contribution is 2.39. The van der Waals surface area contributed by atoms with Crippen LogP contribution in [0, 0.1) is 0 Å². The predicted octanol–water partition coefficient (Wildman–Crippen LogP) is 6.02. The van der Waals surface area contributed by atoms with Gasteiger partial charge in [0.1, 0.15) is 12.4 Å². The van der Waals surface area contributed by atoms with Gasteiger partial charge in [-0.25, -0.2) is 0 Å². The van der Waals surface area contributed by atoms with Gasteiger partial charge in [-0.15, -0.1) is 10.2 Å². The number of para-hydroxylation sites is 2. The van der Waals surface area contributed by atoms with Crippen LogP contribution in [0.5, 0.6) is 11.6 Å². The Morgan fingerprint density at radius 1 is 1.03 bits per heavy atom. The van der Waals surface area contributed by atoms with E-state index in [1.54, 1.807) is 41.0 Å². The fraction of sp³-hybridized carbons (Fsp3) is 0.160. The lowest BCUT2D eigenvalue weighted by molar-refractivity contribution is 0.0990. The van der Waals surface area contributed by atoms with Crippen molar-refractivity contribution in [2.45, 2.75) is 13.3 Å². The number of azo groups is 1. The Bertz CT molecular complexity index is 1310. The van der Waals surface area contributed by atoms with E-state index in [1.165, 1.54) is 0 Å². The minimum Gasteiger partial charge on any atom is -0.493 e. The summed E-state index contributed by atoms with van der Waals surface area (Å²) in [5.41, 5.74) is 2.26. The number of ether oxygens (including phenoxy) is 1. The molecule has 0 saturated heterocycles. The van der Waals surface area contributed by atoms with Crippen LogP contribution in [0.25, 0.3) is 10.9 Å². The number of amides is 1. The molecule has 1 amide bonds. The first-order valence-electron chi connectivity index (χ1n) is 10.3. The van der Waals surface area contributed by atoms with Gasteiger partial charge in [0, 0.05) is 10.4 Å². The average Bonchev–Trinajstić information content (AvgIpc) is 3.07. The maximum absolute atomic E-state index is 12.9. The van der Waals surface area contributed by atoms with Crippen molar-refractivity contribution in [1.29, 1.82) is 0 Å². The Hall–Kier alpha value is -3.68. The van der Waals surface area contributed by atoms with E-state index in [0.29, 0.717) is 22.8 Å². The summed E-state index contributed by atoms with van der Waals surface area (Å²) in [6, 6.07) is 21.6. The minimum absolute atomic E-state index is 0.0475. The van der Waals surface area contributed by atoms with Gasteiger partial charge < -0.3 is 9.84 Å². The number of hydrogen-bond acceptors (Lipinski definition) is 5. The summed E-state index contributed by atoms with van der Waals surface area (Å²) in [5, 5.41) is 20.1. The number of benzene rings is 3. The molecule has 4 aromatic rings. The lowest BCUT2D eigenvalue weighted by Gasteiger charge is -2.12. The highest BCUT2D eigenvalue weighted by atomic mass is 35.5. The fourth-order valence-corrected chi connectivity index (χ4v) is 3.58. The van der Waals surface area contributed by atoms with Crippen LogP contribution in [0.3, 0.4) is 0 Å². The Morgan fingerprint density at radius 3 is 2.48 bits per heavy atom. The SMILES string of the molecule is CN(C)Cn1c(O)c(N=NC(=O)c2ccccc2OCc2ccc(Cl)cc2)c2ccccc21. The number of aromatic hydroxyl groups is 1. The molecule has 1 heterocycles. The monoisotopic (exact) mass is 462 g/mol. The van der Waals surface area contributed by atoms with E-state index >= 15 is 0 Å². The Morgan fingerprint density at radius 2 is 1.73 bits per heavy atom. The van der Waals surface area contributed by atoms with Gasteiger partial charge in [-0.3, -0.25) is 14.3 Å². The number of fused-ring (bicyclic) bond motifs is 1. The third kappa shape index (κ3) is 5.05. The van der Waals surface area contributed by atoms with Crippen molar-refractivity contribution >= 4 is 34.1 Å². The molecule has 0 saturated carbocycles. The zero-order valence-corrected chi connectivity index (χ0v) is 19.0. The van der Waals surface area contributed by atoms with E-state index in [0.717, 1.165) is 11.1 Å². The second-order valence-corrected chi connectivity index (χ2v) is 8.19. The lowest BCUT2D eigenvalue weighted by atomic mass is 10.2. The number of hydrogen-bond donors (Lipinski definition) is 1. The van der Waals surface area contributed by atoms with E-state index in [4.69, 9.17) is 16.3 Å². The zero-order chi connectivity index (χ0) is 23.4. The first kappa shape index (κ1) is 22.5. The third-order valence-corrected chi connectivity index (χ3v) is 5.26. The number of rotatable bonds is 7. The summed E-state index contributed by atoms with van der Waals surface area (Å²) in [4.78, 5) is 14.8. The van der Waals surface area contributed by atoms with Crippen molar-refractivity contribution in [1.82, 2.24) is 9.47 Å². The molecule has 33 heavy (non-hydrogen) atoms. The van der Waals surface area contributed by atoms with Crippen LogP contribution in [-0.4, -0.2) is 34.6 Å². The lowest BCUT2D eigenvalue weighted by Crippen LogP contribution is -2.16. The van der Waals surface area contributed by atoms with Crippen molar-refractivity contribution in [2.75, 3.05) is 14.1 Å². The highest BCUT2D eigenvalue weighted by Gasteiger charge is 2.18. The van der Waals surface area contributed by atoms with Gasteiger partial charge in [0.15, 0.2) is 5.69 Å². The van der Waals surface area contributed by atoms with Crippen LogP contribution in [0.4, 0.5) is 5.69 Å². The summed E-state index contributed by atoms with van der Waals surface area (Å²) in [7, 11) is 3.81. The molecule has 4 rings (SSSR count). The molecule has 0 spiro atoms. The van der Waals surface area contributed by atoms with E-state index < -0.39 is 5.91 Å². The normalized spacial score (nSPS) is 11.5. The molecular formula is C25H23ClN4O3. The molecule has 0 aliphatic rings. The first-order chi connectivity index (χ1) is 15.9. The maximum atomic E-state index is 12.9. The minimum atomic E-state index is -0.564. The van der Waals surface area contributed by atoms with Crippen molar-refractivity contribution in [3.8, 4) is 11.6 Å². The first-order valence-corrected chi connectivity index (χ1v) is 10.7. The van der Waals surface area contributed by atoms with Gasteiger partial charge >= 0.3 is 0 Å². The summed E-state index contributed by atoms with van der Waals surface area (Å²) in [5.74, 6) is -0.213.